The summed E-state index contributed by atoms with van der Waals surface area (Å²) in [5.74, 6) is 1.13. The van der Waals surface area contributed by atoms with Crippen LogP contribution in [0.2, 0.25) is 0 Å². The second-order valence-electron chi connectivity index (χ2n) is 5.57. The van der Waals surface area contributed by atoms with Gasteiger partial charge in [0.05, 0.1) is 17.2 Å². The van der Waals surface area contributed by atoms with Crippen LogP contribution in [-0.4, -0.2) is 26.5 Å². The molecule has 0 unspecified atom stereocenters. The van der Waals surface area contributed by atoms with Crippen LogP contribution >= 0.6 is 0 Å². The van der Waals surface area contributed by atoms with Gasteiger partial charge in [-0.1, -0.05) is 12.1 Å². The molecule has 0 spiro atoms. The SMILES string of the molecule is CCOc1ccccc1Nc1ncnc(Nc2cc(C)ccn2)c1[N+](=O)[O-]. The van der Waals surface area contributed by atoms with Crippen molar-refractivity contribution in [3.8, 4) is 5.75 Å². The fraction of sp³-hybridized carbons (Fsp3) is 0.167. The molecule has 9 heteroatoms. The summed E-state index contributed by atoms with van der Waals surface area (Å²) in [6, 6.07) is 10.7. The summed E-state index contributed by atoms with van der Waals surface area (Å²) in [5, 5.41) is 17.5. The molecule has 0 aliphatic carbocycles. The molecule has 0 radical (unpaired) electrons. The first kappa shape index (κ1) is 18.1. The maximum Gasteiger partial charge on any atom is 0.353 e. The Morgan fingerprint density at radius 3 is 2.56 bits per heavy atom. The van der Waals surface area contributed by atoms with Gasteiger partial charge in [-0.15, -0.1) is 0 Å². The van der Waals surface area contributed by atoms with Crippen molar-refractivity contribution in [3.63, 3.8) is 0 Å². The van der Waals surface area contributed by atoms with Crippen molar-refractivity contribution in [1.29, 1.82) is 0 Å². The Balaban J connectivity index is 1.98. The molecule has 138 valence electrons. The molecule has 2 heterocycles. The summed E-state index contributed by atoms with van der Waals surface area (Å²) in [4.78, 5) is 23.4. The van der Waals surface area contributed by atoms with Gasteiger partial charge in [-0.2, -0.15) is 0 Å². The highest BCUT2D eigenvalue weighted by molar-refractivity contribution is 5.77. The number of aromatic nitrogens is 3. The van der Waals surface area contributed by atoms with Gasteiger partial charge in [0.2, 0.25) is 11.6 Å². The van der Waals surface area contributed by atoms with E-state index in [9.17, 15) is 10.1 Å². The Labute approximate surface area is 155 Å². The number of nitrogens with one attached hydrogen (secondary N) is 2. The van der Waals surface area contributed by atoms with Crippen molar-refractivity contribution in [1.82, 2.24) is 15.0 Å². The van der Waals surface area contributed by atoms with Crippen molar-refractivity contribution in [3.05, 3.63) is 64.6 Å². The van der Waals surface area contributed by atoms with Gasteiger partial charge in [-0.05, 0) is 43.7 Å². The molecule has 2 aromatic heterocycles. The monoisotopic (exact) mass is 366 g/mol. The normalized spacial score (nSPS) is 10.3. The zero-order valence-corrected chi connectivity index (χ0v) is 14.8. The number of pyridine rings is 1. The molecular weight excluding hydrogens is 348 g/mol. The third-order valence-corrected chi connectivity index (χ3v) is 3.61. The molecule has 0 saturated carbocycles. The van der Waals surface area contributed by atoms with Gasteiger partial charge in [0, 0.05) is 6.20 Å². The molecule has 0 saturated heterocycles. The highest BCUT2D eigenvalue weighted by Crippen LogP contribution is 2.35. The van der Waals surface area contributed by atoms with E-state index in [4.69, 9.17) is 4.74 Å². The second kappa shape index (κ2) is 8.09. The van der Waals surface area contributed by atoms with Crippen LogP contribution in [0.1, 0.15) is 12.5 Å². The third-order valence-electron chi connectivity index (χ3n) is 3.61. The number of benzene rings is 1. The average molecular weight is 366 g/mol. The van der Waals surface area contributed by atoms with Crippen LogP contribution in [0, 0.1) is 17.0 Å². The first-order valence-electron chi connectivity index (χ1n) is 8.26. The lowest BCUT2D eigenvalue weighted by molar-refractivity contribution is -0.383. The Morgan fingerprint density at radius 1 is 1.11 bits per heavy atom. The molecule has 0 atom stereocenters. The molecular formula is C18H18N6O3. The lowest BCUT2D eigenvalue weighted by Gasteiger charge is -2.13. The van der Waals surface area contributed by atoms with Crippen LogP contribution in [0.4, 0.5) is 28.8 Å². The van der Waals surface area contributed by atoms with Crippen molar-refractivity contribution in [2.24, 2.45) is 0 Å². The van der Waals surface area contributed by atoms with Gasteiger partial charge in [0.15, 0.2) is 0 Å². The van der Waals surface area contributed by atoms with E-state index >= 15 is 0 Å². The van der Waals surface area contributed by atoms with E-state index in [-0.39, 0.29) is 17.3 Å². The molecule has 0 aliphatic heterocycles. The first-order valence-corrected chi connectivity index (χ1v) is 8.26. The van der Waals surface area contributed by atoms with Crippen LogP contribution in [0.25, 0.3) is 0 Å². The summed E-state index contributed by atoms with van der Waals surface area (Å²) in [7, 11) is 0. The minimum Gasteiger partial charge on any atom is -0.492 e. The Hall–Kier alpha value is -3.75. The van der Waals surface area contributed by atoms with Gasteiger partial charge < -0.3 is 15.4 Å². The fourth-order valence-corrected chi connectivity index (χ4v) is 2.44. The topological polar surface area (TPSA) is 115 Å². The number of rotatable bonds is 7. The molecule has 0 bridgehead atoms. The van der Waals surface area contributed by atoms with Gasteiger partial charge in [-0.3, -0.25) is 10.1 Å². The molecule has 0 fully saturated rings. The van der Waals surface area contributed by atoms with Gasteiger partial charge in [-0.25, -0.2) is 15.0 Å². The standard InChI is InChI=1S/C18H18N6O3/c1-3-27-14-7-5-4-6-13(14)22-17-16(24(25)26)18(21-11-20-17)23-15-10-12(2)8-9-19-15/h4-11H,3H2,1-2H3,(H2,19,20,21,22,23). The highest BCUT2D eigenvalue weighted by atomic mass is 16.6. The predicted molar refractivity (Wildman–Crippen MR) is 102 cm³/mol. The summed E-state index contributed by atoms with van der Waals surface area (Å²) < 4.78 is 5.55. The maximum absolute atomic E-state index is 11.7. The van der Waals surface area contributed by atoms with Crippen molar-refractivity contribution < 1.29 is 9.66 Å². The minimum atomic E-state index is -0.538. The number of hydrogen-bond donors (Lipinski definition) is 2. The summed E-state index contributed by atoms with van der Waals surface area (Å²) in [6.45, 7) is 4.23. The van der Waals surface area contributed by atoms with E-state index in [1.54, 1.807) is 30.5 Å². The summed E-state index contributed by atoms with van der Waals surface area (Å²) in [6.07, 6.45) is 2.86. The number of anilines is 4. The summed E-state index contributed by atoms with van der Waals surface area (Å²) >= 11 is 0. The Bertz CT molecular complexity index is 963. The van der Waals surface area contributed by atoms with E-state index in [0.717, 1.165) is 5.56 Å². The molecule has 3 rings (SSSR count). The molecule has 0 amide bonds. The quantitative estimate of drug-likeness (QED) is 0.477. The smallest absolute Gasteiger partial charge is 0.353 e. The van der Waals surface area contributed by atoms with Crippen LogP contribution < -0.4 is 15.4 Å². The molecule has 9 nitrogen and oxygen atoms in total. The van der Waals surface area contributed by atoms with Gasteiger partial charge in [0.1, 0.15) is 17.9 Å². The lowest BCUT2D eigenvalue weighted by Crippen LogP contribution is -2.07. The zero-order valence-electron chi connectivity index (χ0n) is 14.8. The molecule has 1 aromatic carbocycles. The van der Waals surface area contributed by atoms with E-state index in [1.807, 2.05) is 26.0 Å². The molecule has 3 aromatic rings. The largest absolute Gasteiger partial charge is 0.492 e. The van der Waals surface area contributed by atoms with Crippen LogP contribution in [-0.2, 0) is 0 Å². The fourth-order valence-electron chi connectivity index (χ4n) is 2.44. The Morgan fingerprint density at radius 2 is 1.85 bits per heavy atom. The highest BCUT2D eigenvalue weighted by Gasteiger charge is 2.24. The lowest BCUT2D eigenvalue weighted by atomic mass is 10.3. The van der Waals surface area contributed by atoms with E-state index in [1.165, 1.54) is 6.33 Å². The second-order valence-corrected chi connectivity index (χ2v) is 5.57. The summed E-state index contributed by atoms with van der Waals surface area (Å²) in [5.41, 5.74) is 1.25. The van der Waals surface area contributed by atoms with Gasteiger partial charge >= 0.3 is 5.69 Å². The molecule has 0 aliphatic rings. The molecule has 2 N–H and O–H groups in total. The third kappa shape index (κ3) is 4.27. The van der Waals surface area contributed by atoms with Gasteiger partial charge in [0.25, 0.3) is 0 Å². The Kier molecular flexibility index (Phi) is 5.41. The van der Waals surface area contributed by atoms with Crippen LogP contribution in [0.5, 0.6) is 5.75 Å². The maximum atomic E-state index is 11.7. The molecule has 27 heavy (non-hydrogen) atoms. The first-order chi connectivity index (χ1) is 13.1. The van der Waals surface area contributed by atoms with E-state index in [2.05, 4.69) is 25.6 Å². The number of ether oxygens (including phenoxy) is 1. The van der Waals surface area contributed by atoms with E-state index < -0.39 is 4.92 Å². The number of nitrogens with zero attached hydrogens (tertiary/aromatic N) is 4. The van der Waals surface area contributed by atoms with Crippen molar-refractivity contribution in [2.75, 3.05) is 17.2 Å². The number of hydrogen-bond acceptors (Lipinski definition) is 8. The predicted octanol–water partition coefficient (Wildman–Crippen LogP) is 3.97. The van der Waals surface area contributed by atoms with E-state index in [0.29, 0.717) is 23.9 Å². The minimum absolute atomic E-state index is 0.0458. The number of para-hydroxylation sites is 2. The van der Waals surface area contributed by atoms with Crippen LogP contribution in [0.3, 0.4) is 0 Å². The number of aryl methyl sites for hydroxylation is 1. The zero-order chi connectivity index (χ0) is 19.2. The van der Waals surface area contributed by atoms with Crippen LogP contribution in [0.15, 0.2) is 48.9 Å². The average Bonchev–Trinajstić information content (AvgIpc) is 2.63. The van der Waals surface area contributed by atoms with Crippen molar-refractivity contribution in [2.45, 2.75) is 13.8 Å². The van der Waals surface area contributed by atoms with Crippen molar-refractivity contribution >= 4 is 28.8 Å². The number of nitro groups is 1.